The third kappa shape index (κ3) is 4.94. The fourth-order valence-electron chi connectivity index (χ4n) is 2.67. The smallest absolute Gasteiger partial charge is 0.410 e. The van der Waals surface area contributed by atoms with Crippen molar-refractivity contribution in [1.82, 2.24) is 4.90 Å². The summed E-state index contributed by atoms with van der Waals surface area (Å²) in [4.78, 5) is 26.1. The van der Waals surface area contributed by atoms with E-state index in [2.05, 4.69) is 5.32 Å². The molecule has 1 aliphatic heterocycles. The maximum Gasteiger partial charge on any atom is 0.410 e. The molecule has 7 nitrogen and oxygen atoms in total. The van der Waals surface area contributed by atoms with Crippen LogP contribution < -0.4 is 14.8 Å². The molecule has 0 aromatic heterocycles. The summed E-state index contributed by atoms with van der Waals surface area (Å²) in [5.41, 5.74) is 1.43. The molecule has 0 unspecified atom stereocenters. The summed E-state index contributed by atoms with van der Waals surface area (Å²) in [6.07, 6.45) is -0.401. The monoisotopic (exact) mass is 384 g/mol. The summed E-state index contributed by atoms with van der Waals surface area (Å²) in [7, 11) is 1.67. The molecule has 0 atom stereocenters. The van der Waals surface area contributed by atoms with E-state index >= 15 is 0 Å². The molecule has 2 aromatic rings. The van der Waals surface area contributed by atoms with Crippen LogP contribution in [0.15, 0.2) is 42.5 Å². The molecule has 0 spiro atoms. The number of carbonyl (C=O) groups is 2. The minimum Gasteiger partial charge on any atom is -0.454 e. The molecule has 0 bridgehead atoms. The van der Waals surface area contributed by atoms with Gasteiger partial charge in [0.15, 0.2) is 11.5 Å². The first kappa shape index (κ1) is 19.5. The van der Waals surface area contributed by atoms with E-state index < -0.39 is 11.7 Å². The summed E-state index contributed by atoms with van der Waals surface area (Å²) in [6, 6.07) is 12.4. The Labute approximate surface area is 164 Å². The van der Waals surface area contributed by atoms with Crippen molar-refractivity contribution in [1.29, 1.82) is 0 Å². The molecule has 0 saturated heterocycles. The summed E-state index contributed by atoms with van der Waals surface area (Å²) in [5, 5.41) is 2.86. The maximum absolute atomic E-state index is 12.5. The van der Waals surface area contributed by atoms with E-state index in [0.717, 1.165) is 5.56 Å². The molecule has 2 amide bonds. The first-order chi connectivity index (χ1) is 13.2. The predicted octanol–water partition coefficient (Wildman–Crippen LogP) is 4.03. The van der Waals surface area contributed by atoms with Crippen LogP contribution >= 0.6 is 0 Å². The topological polar surface area (TPSA) is 77.1 Å². The van der Waals surface area contributed by atoms with Gasteiger partial charge in [-0.3, -0.25) is 4.79 Å². The van der Waals surface area contributed by atoms with E-state index in [1.807, 2.05) is 39.0 Å². The molecule has 1 aliphatic rings. The molecule has 2 aromatic carbocycles. The number of rotatable bonds is 4. The Morgan fingerprint density at radius 1 is 1.11 bits per heavy atom. The maximum atomic E-state index is 12.5. The van der Waals surface area contributed by atoms with E-state index in [1.165, 1.54) is 4.90 Å². The second-order valence-electron chi connectivity index (χ2n) is 7.56. The number of fused-ring (bicyclic) bond motifs is 1. The first-order valence-corrected chi connectivity index (χ1v) is 8.95. The summed E-state index contributed by atoms with van der Waals surface area (Å²) in [5.74, 6) is 0.931. The van der Waals surface area contributed by atoms with Crippen LogP contribution in [0.2, 0.25) is 0 Å². The molecule has 0 aliphatic carbocycles. The molecule has 1 N–H and O–H groups in total. The average molecular weight is 384 g/mol. The number of anilines is 1. The minimum absolute atomic E-state index is 0.160. The van der Waals surface area contributed by atoms with Crippen LogP contribution in [0.1, 0.15) is 36.7 Å². The van der Waals surface area contributed by atoms with Crippen LogP contribution in [0, 0.1) is 0 Å². The Hall–Kier alpha value is -3.22. The quantitative estimate of drug-likeness (QED) is 0.861. The van der Waals surface area contributed by atoms with Crippen molar-refractivity contribution >= 4 is 17.7 Å². The van der Waals surface area contributed by atoms with Crippen molar-refractivity contribution in [2.45, 2.75) is 32.9 Å². The molecule has 1 heterocycles. The van der Waals surface area contributed by atoms with E-state index in [4.69, 9.17) is 14.2 Å². The van der Waals surface area contributed by atoms with Gasteiger partial charge in [0, 0.05) is 24.8 Å². The lowest BCUT2D eigenvalue weighted by Gasteiger charge is -2.24. The van der Waals surface area contributed by atoms with Crippen molar-refractivity contribution in [2.24, 2.45) is 0 Å². The SMILES string of the molecule is CN(Cc1cccc(NC(=O)c2ccc3c(c2)OCO3)c1)C(=O)OC(C)(C)C. The number of ether oxygens (including phenoxy) is 3. The highest BCUT2D eigenvalue weighted by molar-refractivity contribution is 6.04. The summed E-state index contributed by atoms with van der Waals surface area (Å²) in [6.45, 7) is 6.00. The first-order valence-electron chi connectivity index (χ1n) is 8.95. The molecule has 0 fully saturated rings. The highest BCUT2D eigenvalue weighted by atomic mass is 16.7. The van der Waals surface area contributed by atoms with Crippen LogP contribution in [-0.2, 0) is 11.3 Å². The lowest BCUT2D eigenvalue weighted by atomic mass is 10.1. The van der Waals surface area contributed by atoms with Crippen LogP contribution in [0.4, 0.5) is 10.5 Å². The number of hydrogen-bond acceptors (Lipinski definition) is 5. The zero-order valence-electron chi connectivity index (χ0n) is 16.4. The van der Waals surface area contributed by atoms with Gasteiger partial charge < -0.3 is 24.4 Å². The Bertz CT molecular complexity index is 889. The van der Waals surface area contributed by atoms with Crippen molar-refractivity contribution in [3.63, 3.8) is 0 Å². The largest absolute Gasteiger partial charge is 0.454 e. The normalized spacial score (nSPS) is 12.4. The lowest BCUT2D eigenvalue weighted by molar-refractivity contribution is 0.0285. The van der Waals surface area contributed by atoms with Crippen LogP contribution in [0.3, 0.4) is 0 Å². The molecule has 3 rings (SSSR count). The Kier molecular flexibility index (Phi) is 5.44. The minimum atomic E-state index is -0.550. The molecule has 148 valence electrons. The summed E-state index contributed by atoms with van der Waals surface area (Å²) >= 11 is 0. The molecular weight excluding hydrogens is 360 g/mol. The van der Waals surface area contributed by atoms with Crippen LogP contribution in [0.5, 0.6) is 11.5 Å². The van der Waals surface area contributed by atoms with E-state index in [9.17, 15) is 9.59 Å². The van der Waals surface area contributed by atoms with Gasteiger partial charge >= 0.3 is 6.09 Å². The van der Waals surface area contributed by atoms with E-state index in [-0.39, 0.29) is 12.7 Å². The molecule has 0 saturated carbocycles. The summed E-state index contributed by atoms with van der Waals surface area (Å²) < 4.78 is 15.9. The van der Waals surface area contributed by atoms with Gasteiger partial charge in [-0.1, -0.05) is 12.1 Å². The van der Waals surface area contributed by atoms with Crippen molar-refractivity contribution in [2.75, 3.05) is 19.2 Å². The number of nitrogens with zero attached hydrogens (tertiary/aromatic N) is 1. The average Bonchev–Trinajstić information content (AvgIpc) is 3.08. The Morgan fingerprint density at radius 3 is 2.61 bits per heavy atom. The Morgan fingerprint density at radius 2 is 1.86 bits per heavy atom. The van der Waals surface area contributed by atoms with Crippen molar-refractivity contribution in [3.05, 3.63) is 53.6 Å². The van der Waals surface area contributed by atoms with Crippen molar-refractivity contribution in [3.8, 4) is 11.5 Å². The van der Waals surface area contributed by atoms with Gasteiger partial charge in [-0.05, 0) is 56.7 Å². The van der Waals surface area contributed by atoms with E-state index in [0.29, 0.717) is 29.3 Å². The third-order valence-electron chi connectivity index (χ3n) is 3.94. The fourth-order valence-corrected chi connectivity index (χ4v) is 2.67. The van der Waals surface area contributed by atoms with Gasteiger partial charge in [-0.25, -0.2) is 4.79 Å². The molecule has 7 heteroatoms. The standard InChI is InChI=1S/C21H24N2O5/c1-21(2,3)28-20(25)23(4)12-14-6-5-7-16(10-14)22-19(24)15-8-9-17-18(11-15)27-13-26-17/h5-11H,12-13H2,1-4H3,(H,22,24). The van der Waals surface area contributed by atoms with Crippen molar-refractivity contribution < 1.29 is 23.8 Å². The predicted molar refractivity (Wildman–Crippen MR) is 105 cm³/mol. The van der Waals surface area contributed by atoms with Crippen LogP contribution in [-0.4, -0.2) is 36.3 Å². The van der Waals surface area contributed by atoms with Gasteiger partial charge in [0.1, 0.15) is 5.60 Å². The number of hydrogen-bond donors (Lipinski definition) is 1. The second kappa shape index (κ2) is 7.80. The molecule has 0 radical (unpaired) electrons. The number of amides is 2. The molecular formula is C21H24N2O5. The third-order valence-corrected chi connectivity index (χ3v) is 3.94. The number of carbonyl (C=O) groups excluding carboxylic acids is 2. The number of benzene rings is 2. The zero-order chi connectivity index (χ0) is 20.3. The van der Waals surface area contributed by atoms with Gasteiger partial charge in [-0.15, -0.1) is 0 Å². The van der Waals surface area contributed by atoms with Crippen LogP contribution in [0.25, 0.3) is 0 Å². The van der Waals surface area contributed by atoms with Gasteiger partial charge in [0.05, 0.1) is 0 Å². The molecule has 28 heavy (non-hydrogen) atoms. The highest BCUT2D eigenvalue weighted by Crippen LogP contribution is 2.32. The Balaban J connectivity index is 1.64. The van der Waals surface area contributed by atoms with Gasteiger partial charge in [-0.2, -0.15) is 0 Å². The van der Waals surface area contributed by atoms with Gasteiger partial charge in [0.2, 0.25) is 6.79 Å². The highest BCUT2D eigenvalue weighted by Gasteiger charge is 2.20. The lowest BCUT2D eigenvalue weighted by Crippen LogP contribution is -2.33. The zero-order valence-corrected chi connectivity index (χ0v) is 16.4. The second-order valence-corrected chi connectivity index (χ2v) is 7.56. The van der Waals surface area contributed by atoms with E-state index in [1.54, 1.807) is 31.3 Å². The fraction of sp³-hybridized carbons (Fsp3) is 0.333. The van der Waals surface area contributed by atoms with Gasteiger partial charge in [0.25, 0.3) is 5.91 Å². The number of nitrogens with one attached hydrogen (secondary N) is 1.